The number of carbonyl (C=O) groups excluding carboxylic acids is 2. The summed E-state index contributed by atoms with van der Waals surface area (Å²) >= 11 is 0. The smallest absolute Gasteiger partial charge is 0.252 e. The van der Waals surface area contributed by atoms with Crippen molar-refractivity contribution in [3.05, 3.63) is 54.0 Å². The second kappa shape index (κ2) is 9.89. The van der Waals surface area contributed by atoms with Crippen LogP contribution in [0, 0.1) is 24.2 Å². The van der Waals surface area contributed by atoms with E-state index in [0.717, 1.165) is 61.0 Å². The predicted octanol–water partition coefficient (Wildman–Crippen LogP) is 3.75. The first kappa shape index (κ1) is 24.1. The van der Waals surface area contributed by atoms with Gasteiger partial charge < -0.3 is 15.5 Å². The Morgan fingerprint density at radius 3 is 2.47 bits per heavy atom. The Morgan fingerprint density at radius 2 is 1.79 bits per heavy atom. The number of nitriles is 1. The number of hydrogen-bond acceptors (Lipinski definition) is 7. The number of aryl methyl sites for hydroxylation is 1. The number of hydrogen-bond donors (Lipinski definition) is 2. The number of amides is 2. The Morgan fingerprint density at radius 1 is 1.05 bits per heavy atom. The lowest BCUT2D eigenvalue weighted by Crippen LogP contribution is -2.47. The van der Waals surface area contributed by atoms with Crippen LogP contribution in [0.5, 0.6) is 0 Å². The molecule has 3 aliphatic rings. The van der Waals surface area contributed by atoms with Gasteiger partial charge in [-0.15, -0.1) is 0 Å². The highest BCUT2D eigenvalue weighted by Gasteiger charge is 2.47. The van der Waals surface area contributed by atoms with Crippen LogP contribution in [0.1, 0.15) is 60.5 Å². The van der Waals surface area contributed by atoms with Crippen LogP contribution in [-0.2, 0) is 4.79 Å². The molecule has 3 atom stereocenters. The molecule has 3 fully saturated rings. The molecule has 1 unspecified atom stereocenters. The van der Waals surface area contributed by atoms with E-state index in [2.05, 4.69) is 25.6 Å². The molecule has 1 aromatic carbocycles. The van der Waals surface area contributed by atoms with E-state index < -0.39 is 0 Å². The molecule has 1 aliphatic carbocycles. The number of carbonyl (C=O) groups is 2. The van der Waals surface area contributed by atoms with Gasteiger partial charge >= 0.3 is 0 Å². The van der Waals surface area contributed by atoms with Crippen molar-refractivity contribution in [2.75, 3.05) is 11.9 Å². The van der Waals surface area contributed by atoms with Crippen LogP contribution >= 0.6 is 0 Å². The third-order valence-electron chi connectivity index (χ3n) is 7.84. The first-order chi connectivity index (χ1) is 18.5. The molecule has 194 valence electrons. The average Bonchev–Trinajstić information content (AvgIpc) is 3.63. The quantitative estimate of drug-likeness (QED) is 0.463. The van der Waals surface area contributed by atoms with Crippen molar-refractivity contribution in [3.63, 3.8) is 0 Å². The van der Waals surface area contributed by atoms with Crippen molar-refractivity contribution in [2.24, 2.45) is 5.92 Å². The molecule has 2 amide bonds. The zero-order valence-corrected chi connectivity index (χ0v) is 21.3. The number of benzene rings is 1. The summed E-state index contributed by atoms with van der Waals surface area (Å²) in [5, 5.41) is 19.1. The summed E-state index contributed by atoms with van der Waals surface area (Å²) < 4.78 is 2.03. The normalized spacial score (nSPS) is 22.1. The monoisotopic (exact) mass is 510 g/mol. The third kappa shape index (κ3) is 4.72. The molecule has 1 saturated carbocycles. The zero-order chi connectivity index (χ0) is 26.2. The van der Waals surface area contributed by atoms with Crippen molar-refractivity contribution in [1.29, 1.82) is 5.26 Å². The maximum atomic E-state index is 12.8. The molecule has 38 heavy (non-hydrogen) atoms. The van der Waals surface area contributed by atoms with Crippen molar-refractivity contribution in [1.82, 2.24) is 30.0 Å². The molecular formula is C28H30N8O2. The van der Waals surface area contributed by atoms with Crippen molar-refractivity contribution in [3.8, 4) is 17.3 Å². The first-order valence-corrected chi connectivity index (χ1v) is 13.2. The van der Waals surface area contributed by atoms with Gasteiger partial charge in [0.25, 0.3) is 5.91 Å². The average molecular weight is 511 g/mol. The molecule has 2 aliphatic heterocycles. The summed E-state index contributed by atoms with van der Waals surface area (Å²) in [4.78, 5) is 36.2. The molecule has 4 heterocycles. The van der Waals surface area contributed by atoms with Gasteiger partial charge in [-0.05, 0) is 63.1 Å². The van der Waals surface area contributed by atoms with E-state index in [0.29, 0.717) is 29.5 Å². The fourth-order valence-electron chi connectivity index (χ4n) is 5.79. The Kier molecular flexibility index (Phi) is 6.27. The number of rotatable bonds is 7. The zero-order valence-electron chi connectivity index (χ0n) is 21.3. The summed E-state index contributed by atoms with van der Waals surface area (Å²) in [6, 6.07) is 9.97. The molecule has 2 saturated heterocycles. The van der Waals surface area contributed by atoms with E-state index in [1.54, 1.807) is 24.5 Å². The number of aromatic nitrogens is 4. The van der Waals surface area contributed by atoms with Crippen LogP contribution in [-0.4, -0.2) is 55.1 Å². The largest absolute Gasteiger partial charge is 0.339 e. The minimum atomic E-state index is -0.287. The van der Waals surface area contributed by atoms with E-state index in [9.17, 15) is 9.59 Å². The highest BCUT2D eigenvalue weighted by molar-refractivity contribution is 5.94. The molecule has 2 N–H and O–H groups in total. The number of nitrogens with one attached hydrogen (secondary N) is 2. The van der Waals surface area contributed by atoms with Crippen LogP contribution in [0.4, 0.5) is 11.6 Å². The van der Waals surface area contributed by atoms with Crippen LogP contribution in [0.15, 0.2) is 42.9 Å². The number of fused-ring (bicyclic) bond motifs is 2. The van der Waals surface area contributed by atoms with Crippen LogP contribution < -0.4 is 10.6 Å². The van der Waals surface area contributed by atoms with E-state index >= 15 is 0 Å². The topological polar surface area (TPSA) is 129 Å². The highest BCUT2D eigenvalue weighted by Crippen LogP contribution is 2.44. The van der Waals surface area contributed by atoms with Crippen LogP contribution in [0.2, 0.25) is 0 Å². The number of piperidine rings is 1. The minimum Gasteiger partial charge on any atom is -0.339 e. The van der Waals surface area contributed by atoms with Gasteiger partial charge in [0.1, 0.15) is 6.54 Å². The standard InChI is InChI=1S/C28H30N8O2/c1-17-14-31-28(34-25(17)18-2-4-19(5-3-18)26(37)30-11-10-29)33-21-15-32-35(16-21)24-12-22-8-9-23(13-24)36(22)27(38)20-6-7-20/h2-5,14-16,20,22-24H,6-9,11-13H2,1H3,(H,30,37)(H,31,33,34)/t22-,23+,24?. The molecule has 0 radical (unpaired) electrons. The molecule has 3 aromatic rings. The highest BCUT2D eigenvalue weighted by atomic mass is 16.2. The summed E-state index contributed by atoms with van der Waals surface area (Å²) in [5.74, 6) is 0.834. The van der Waals surface area contributed by atoms with Gasteiger partial charge in [-0.25, -0.2) is 9.97 Å². The fourth-order valence-corrected chi connectivity index (χ4v) is 5.79. The Labute approximate surface area is 221 Å². The minimum absolute atomic E-state index is 0.0301. The number of anilines is 2. The molecule has 10 heteroatoms. The summed E-state index contributed by atoms with van der Waals surface area (Å²) in [6.45, 7) is 1.91. The molecular weight excluding hydrogens is 480 g/mol. The van der Waals surface area contributed by atoms with Gasteiger partial charge in [0, 0.05) is 41.5 Å². The maximum Gasteiger partial charge on any atom is 0.252 e. The molecule has 6 rings (SSSR count). The summed E-state index contributed by atoms with van der Waals surface area (Å²) in [7, 11) is 0. The second-order valence-corrected chi connectivity index (χ2v) is 10.5. The van der Waals surface area contributed by atoms with E-state index in [-0.39, 0.29) is 24.4 Å². The predicted molar refractivity (Wildman–Crippen MR) is 140 cm³/mol. The lowest BCUT2D eigenvalue weighted by atomic mass is 9.97. The fraction of sp³-hybridized carbons (Fsp3) is 0.429. The first-order valence-electron chi connectivity index (χ1n) is 13.2. The SMILES string of the molecule is Cc1cnc(Nc2cnn(C3C[C@H]4CC[C@@H](C3)N4C(=O)C3CC3)c2)nc1-c1ccc(C(=O)NCC#N)cc1. The molecule has 2 aromatic heterocycles. The maximum absolute atomic E-state index is 12.8. The summed E-state index contributed by atoms with van der Waals surface area (Å²) in [5.41, 5.74) is 3.84. The van der Waals surface area contributed by atoms with E-state index in [1.807, 2.05) is 36.0 Å². The van der Waals surface area contributed by atoms with Gasteiger partial charge in [0.15, 0.2) is 0 Å². The van der Waals surface area contributed by atoms with Gasteiger partial charge in [-0.1, -0.05) is 12.1 Å². The van der Waals surface area contributed by atoms with E-state index in [1.165, 1.54) is 0 Å². The van der Waals surface area contributed by atoms with Gasteiger partial charge in [0.2, 0.25) is 11.9 Å². The Balaban J connectivity index is 1.13. The Hall–Kier alpha value is -4.26. The number of nitrogens with zero attached hydrogens (tertiary/aromatic N) is 6. The van der Waals surface area contributed by atoms with Crippen LogP contribution in [0.25, 0.3) is 11.3 Å². The van der Waals surface area contributed by atoms with Gasteiger partial charge in [-0.3, -0.25) is 14.3 Å². The second-order valence-electron chi connectivity index (χ2n) is 10.5. The van der Waals surface area contributed by atoms with Crippen molar-refractivity contribution in [2.45, 2.75) is 63.6 Å². The molecule has 0 spiro atoms. The van der Waals surface area contributed by atoms with E-state index in [4.69, 9.17) is 10.2 Å². The van der Waals surface area contributed by atoms with Crippen molar-refractivity contribution < 1.29 is 9.59 Å². The Bertz CT molecular complexity index is 1390. The van der Waals surface area contributed by atoms with Crippen LogP contribution in [0.3, 0.4) is 0 Å². The lowest BCUT2D eigenvalue weighted by Gasteiger charge is -2.39. The molecule has 2 bridgehead atoms. The molecule has 10 nitrogen and oxygen atoms in total. The van der Waals surface area contributed by atoms with Crippen molar-refractivity contribution >= 4 is 23.5 Å². The van der Waals surface area contributed by atoms with Gasteiger partial charge in [-0.2, -0.15) is 10.4 Å². The lowest BCUT2D eigenvalue weighted by molar-refractivity contribution is -0.137. The van der Waals surface area contributed by atoms with Gasteiger partial charge in [0.05, 0.1) is 29.7 Å². The summed E-state index contributed by atoms with van der Waals surface area (Å²) in [6.07, 6.45) is 11.8. The third-order valence-corrected chi connectivity index (χ3v) is 7.84.